The second kappa shape index (κ2) is 21.7. The van der Waals surface area contributed by atoms with E-state index in [9.17, 15) is 30.0 Å². The number of esters is 1. The van der Waals surface area contributed by atoms with Gasteiger partial charge >= 0.3 is 5.97 Å². The summed E-state index contributed by atoms with van der Waals surface area (Å²) in [7, 11) is 3.58. The molecule has 17 heteroatoms. The van der Waals surface area contributed by atoms with Gasteiger partial charge in [-0.2, -0.15) is 0 Å². The average molecular weight is 883 g/mol. The van der Waals surface area contributed by atoms with Gasteiger partial charge in [0.1, 0.15) is 36.6 Å². The number of amides is 1. The number of likely N-dealkylation sites (N-methyl/N-ethyl adjacent to an activating group) is 1. The van der Waals surface area contributed by atoms with Crippen molar-refractivity contribution in [3.8, 4) is 0 Å². The van der Waals surface area contributed by atoms with Gasteiger partial charge in [-0.25, -0.2) is 9.97 Å². The van der Waals surface area contributed by atoms with Gasteiger partial charge in [0.2, 0.25) is 0 Å². The second-order valence-electron chi connectivity index (χ2n) is 19.4. The molecule has 17 nitrogen and oxygen atoms in total. The van der Waals surface area contributed by atoms with Crippen molar-refractivity contribution in [3.63, 3.8) is 0 Å². The zero-order valence-electron chi connectivity index (χ0n) is 39.5. The average Bonchev–Trinajstić information content (AvgIpc) is 3.20. The third kappa shape index (κ3) is 12.7. The number of carbonyl (C=O) groups excluding carboxylic acids is 2. The van der Waals surface area contributed by atoms with E-state index in [1.807, 2.05) is 55.5 Å². The maximum Gasteiger partial charge on any atom is 0.311 e. The number of aliphatic hydroxyl groups excluding tert-OH is 2. The van der Waals surface area contributed by atoms with Gasteiger partial charge in [0.25, 0.3) is 5.91 Å². The highest BCUT2D eigenvalue weighted by Gasteiger charge is 2.53. The topological polar surface area (TPSA) is 221 Å². The van der Waals surface area contributed by atoms with Crippen molar-refractivity contribution in [2.75, 3.05) is 26.1 Å². The van der Waals surface area contributed by atoms with Crippen LogP contribution in [0.1, 0.15) is 115 Å². The molecule has 1 aromatic heterocycles. The van der Waals surface area contributed by atoms with Gasteiger partial charge in [0.05, 0.1) is 53.7 Å². The lowest BCUT2D eigenvalue weighted by atomic mass is 9.73. The van der Waals surface area contributed by atoms with Gasteiger partial charge in [-0.1, -0.05) is 27.7 Å². The molecule has 0 aliphatic carbocycles. The lowest BCUT2D eigenvalue weighted by Gasteiger charge is -2.49. The molecule has 356 valence electrons. The standard InChI is InChI=1S/C45H78N4O13/c1-15-32-45(12,55)39(52)28(7)37(57-22-34(50)48-33-16-17-46-23-47-33)25(4)19-44(11,54)40(62-42-36(51)31(18-26(5)59-42)49(13)24(2)3)29(8)38(30(9)41(53)60-32)61-35-21-43(10,56-14)20-27(6)58-35/h16-17,23-32,35-40,42,51-52,54-55H,15,18-22H2,1-14H3,(H,46,47,48,50)/t25-,26-,27+,28+,29+,30-,31+,32-,35+,36-,37+,38?,39-,40-,42+,43+,44-,45-/m1/s1. The molecule has 3 aliphatic rings. The van der Waals surface area contributed by atoms with E-state index >= 15 is 0 Å². The van der Waals surface area contributed by atoms with Gasteiger partial charge < -0.3 is 58.9 Å². The molecule has 0 bridgehead atoms. The van der Waals surface area contributed by atoms with Crippen LogP contribution in [0, 0.1) is 23.7 Å². The Kier molecular flexibility index (Phi) is 18.3. The minimum atomic E-state index is -1.98. The maximum atomic E-state index is 14.4. The lowest BCUT2D eigenvalue weighted by Crippen LogP contribution is -2.61. The van der Waals surface area contributed by atoms with Crippen molar-refractivity contribution in [1.82, 2.24) is 14.9 Å². The predicted molar refractivity (Wildman–Crippen MR) is 229 cm³/mol. The van der Waals surface area contributed by atoms with Crippen molar-refractivity contribution in [2.45, 2.75) is 205 Å². The second-order valence-corrected chi connectivity index (χ2v) is 19.4. The number of aliphatic hydroxyl groups is 4. The van der Waals surface area contributed by atoms with Crippen LogP contribution < -0.4 is 5.32 Å². The molecule has 0 saturated carbocycles. The molecule has 4 rings (SSSR count). The summed E-state index contributed by atoms with van der Waals surface area (Å²) in [6.07, 6.45) is -5.22. The molecule has 1 unspecified atom stereocenters. The first-order chi connectivity index (χ1) is 28.8. The van der Waals surface area contributed by atoms with Gasteiger partial charge in [-0.05, 0) is 93.7 Å². The number of hydrogen-bond acceptors (Lipinski definition) is 16. The van der Waals surface area contributed by atoms with Gasteiger partial charge in [-0.3, -0.25) is 14.5 Å². The molecule has 0 spiro atoms. The molecular weight excluding hydrogens is 805 g/mol. The van der Waals surface area contributed by atoms with E-state index < -0.39 is 108 Å². The Bertz CT molecular complexity index is 1570. The molecule has 3 aliphatic heterocycles. The fourth-order valence-corrected chi connectivity index (χ4v) is 9.93. The summed E-state index contributed by atoms with van der Waals surface area (Å²) in [5, 5.41) is 51.6. The Morgan fingerprint density at radius 2 is 1.66 bits per heavy atom. The smallest absolute Gasteiger partial charge is 0.311 e. The number of hydrogen-bond donors (Lipinski definition) is 5. The molecule has 0 aromatic carbocycles. The van der Waals surface area contributed by atoms with Crippen LogP contribution in [0.2, 0.25) is 0 Å². The highest BCUT2D eigenvalue weighted by atomic mass is 16.7. The van der Waals surface area contributed by atoms with Crippen molar-refractivity contribution in [2.24, 2.45) is 23.7 Å². The van der Waals surface area contributed by atoms with Crippen LogP contribution in [0.5, 0.6) is 0 Å². The molecule has 1 amide bonds. The van der Waals surface area contributed by atoms with E-state index in [4.69, 9.17) is 33.2 Å². The zero-order chi connectivity index (χ0) is 46.5. The van der Waals surface area contributed by atoms with Crippen LogP contribution in [0.15, 0.2) is 18.6 Å². The number of anilines is 1. The van der Waals surface area contributed by atoms with Crippen molar-refractivity contribution < 1.29 is 63.2 Å². The number of rotatable bonds is 12. The van der Waals surface area contributed by atoms with E-state index in [-0.39, 0.29) is 43.0 Å². The number of nitrogens with zero attached hydrogens (tertiary/aromatic N) is 3. The summed E-state index contributed by atoms with van der Waals surface area (Å²) < 4.78 is 44.7. The Hall–Kier alpha value is -2.42. The summed E-state index contributed by atoms with van der Waals surface area (Å²) >= 11 is 0. The number of aromatic nitrogens is 2. The highest BCUT2D eigenvalue weighted by Crippen LogP contribution is 2.42. The number of methoxy groups -OCH3 is 1. The van der Waals surface area contributed by atoms with E-state index in [1.54, 1.807) is 34.8 Å². The van der Waals surface area contributed by atoms with E-state index in [0.29, 0.717) is 19.3 Å². The van der Waals surface area contributed by atoms with Crippen molar-refractivity contribution in [3.05, 3.63) is 18.6 Å². The van der Waals surface area contributed by atoms with E-state index in [0.717, 1.165) is 0 Å². The lowest BCUT2D eigenvalue weighted by molar-refractivity contribution is -0.312. The monoisotopic (exact) mass is 883 g/mol. The normalized spacial score (nSPS) is 42.9. The van der Waals surface area contributed by atoms with Gasteiger partial charge in [0, 0.05) is 50.1 Å². The Morgan fingerprint density at radius 3 is 2.26 bits per heavy atom. The molecule has 4 heterocycles. The molecule has 1 aromatic rings. The molecule has 0 radical (unpaired) electrons. The van der Waals surface area contributed by atoms with Crippen LogP contribution in [0.25, 0.3) is 0 Å². The summed E-state index contributed by atoms with van der Waals surface area (Å²) in [6, 6.07) is 1.30. The molecule has 18 atom stereocenters. The fourth-order valence-electron chi connectivity index (χ4n) is 9.93. The maximum absolute atomic E-state index is 14.4. The van der Waals surface area contributed by atoms with Crippen molar-refractivity contribution in [1.29, 1.82) is 0 Å². The quantitative estimate of drug-likeness (QED) is 0.188. The van der Waals surface area contributed by atoms with Crippen LogP contribution in [-0.4, -0.2) is 158 Å². The Balaban J connectivity index is 1.84. The summed E-state index contributed by atoms with van der Waals surface area (Å²) in [5.41, 5.74) is -4.36. The first kappa shape index (κ1) is 52.2. The predicted octanol–water partition coefficient (Wildman–Crippen LogP) is 3.84. The summed E-state index contributed by atoms with van der Waals surface area (Å²) in [5.74, 6) is -4.30. The number of nitrogens with one attached hydrogen (secondary N) is 1. The summed E-state index contributed by atoms with van der Waals surface area (Å²) in [6.45, 7) is 21.2. The zero-order valence-corrected chi connectivity index (χ0v) is 39.5. The largest absolute Gasteiger partial charge is 0.459 e. The molecule has 3 fully saturated rings. The van der Waals surface area contributed by atoms with E-state index in [1.165, 1.54) is 25.5 Å². The Morgan fingerprint density at radius 1 is 0.984 bits per heavy atom. The SMILES string of the molecule is CC[C@H]1OC(=O)[C@H](C)C(O[C@H]2C[C@@](C)(OC)C[C@H](C)O2)[C@H](C)[C@@H](O[C@@H]2O[C@H](C)C[C@H](N(C)C(C)C)[C@H]2O)[C@](C)(O)C[C@@H](C)[C@H](OCC(=O)Nc2ccncn2)[C@H](C)[C@@H](O)[C@]1(C)O. The van der Waals surface area contributed by atoms with Crippen LogP contribution in [-0.2, 0) is 42.7 Å². The molecule has 62 heavy (non-hydrogen) atoms. The minimum Gasteiger partial charge on any atom is -0.459 e. The highest BCUT2D eigenvalue weighted by molar-refractivity contribution is 5.90. The molecular formula is C45H78N4O13. The summed E-state index contributed by atoms with van der Waals surface area (Å²) in [4.78, 5) is 37.6. The van der Waals surface area contributed by atoms with Gasteiger partial charge in [-0.15, -0.1) is 0 Å². The third-order valence-electron chi connectivity index (χ3n) is 13.7. The number of ether oxygens (including phenoxy) is 7. The molecule has 3 saturated heterocycles. The Labute approximate surface area is 368 Å². The van der Waals surface area contributed by atoms with Crippen LogP contribution in [0.3, 0.4) is 0 Å². The number of carbonyl (C=O) groups is 2. The first-order valence-electron chi connectivity index (χ1n) is 22.4. The fraction of sp³-hybridized carbons (Fsp3) is 0.867. The molecule has 5 N–H and O–H groups in total. The van der Waals surface area contributed by atoms with Crippen LogP contribution >= 0.6 is 0 Å². The minimum absolute atomic E-state index is 0.0332. The first-order valence-corrected chi connectivity index (χ1v) is 22.4. The van der Waals surface area contributed by atoms with Crippen molar-refractivity contribution >= 4 is 17.7 Å². The van der Waals surface area contributed by atoms with Gasteiger partial charge in [0.15, 0.2) is 12.6 Å². The van der Waals surface area contributed by atoms with Crippen LogP contribution in [0.4, 0.5) is 5.82 Å². The third-order valence-corrected chi connectivity index (χ3v) is 13.7. The van der Waals surface area contributed by atoms with E-state index in [2.05, 4.69) is 20.2 Å². The number of cyclic esters (lactones) is 1.